The quantitative estimate of drug-likeness (QED) is 0.407. The highest BCUT2D eigenvalue weighted by Gasteiger charge is 2.17. The number of hydrogen-bond donors (Lipinski definition) is 0. The minimum absolute atomic E-state index is 0.244. The van der Waals surface area contributed by atoms with Gasteiger partial charge in [0.1, 0.15) is 5.75 Å². The molecule has 0 bridgehead atoms. The number of esters is 1. The third-order valence-electron chi connectivity index (χ3n) is 5.12. The fourth-order valence-electron chi connectivity index (χ4n) is 3.41. The molecular weight excluding hydrogens is 326 g/mol. The molecule has 1 aromatic carbocycles. The molecule has 0 aromatic heterocycles. The minimum Gasteiger partial charge on any atom is -0.494 e. The summed E-state index contributed by atoms with van der Waals surface area (Å²) in [6.45, 7) is 7.90. The number of nitrogens with zero attached hydrogens (tertiary/aromatic N) is 1. The number of piperidine rings is 1. The zero-order chi connectivity index (χ0) is 18.6. The van der Waals surface area contributed by atoms with Gasteiger partial charge in [0.25, 0.3) is 0 Å². The van der Waals surface area contributed by atoms with Crippen molar-refractivity contribution in [2.75, 3.05) is 26.3 Å². The molecule has 0 amide bonds. The Morgan fingerprint density at radius 2 is 1.88 bits per heavy atom. The van der Waals surface area contributed by atoms with E-state index >= 15 is 0 Å². The van der Waals surface area contributed by atoms with Gasteiger partial charge < -0.3 is 14.4 Å². The van der Waals surface area contributed by atoms with Crippen molar-refractivity contribution in [3.63, 3.8) is 0 Å². The summed E-state index contributed by atoms with van der Waals surface area (Å²) >= 11 is 0. The zero-order valence-corrected chi connectivity index (χ0v) is 16.5. The number of ether oxygens (including phenoxy) is 2. The van der Waals surface area contributed by atoms with Crippen molar-refractivity contribution in [3.05, 3.63) is 29.8 Å². The van der Waals surface area contributed by atoms with Crippen LogP contribution in [0, 0.1) is 0 Å². The second-order valence-corrected chi connectivity index (χ2v) is 7.30. The molecule has 0 spiro atoms. The predicted molar refractivity (Wildman–Crippen MR) is 106 cm³/mol. The number of likely N-dealkylation sites (tertiary alicyclic amines) is 1. The van der Waals surface area contributed by atoms with Crippen molar-refractivity contribution in [2.45, 2.75) is 71.3 Å². The van der Waals surface area contributed by atoms with Crippen LogP contribution in [0.3, 0.4) is 0 Å². The predicted octanol–water partition coefficient (Wildman–Crippen LogP) is 5.07. The van der Waals surface area contributed by atoms with Crippen LogP contribution >= 0.6 is 0 Å². The lowest BCUT2D eigenvalue weighted by Gasteiger charge is -2.33. The van der Waals surface area contributed by atoms with E-state index in [1.807, 2.05) is 12.1 Å². The molecule has 1 atom stereocenters. The van der Waals surface area contributed by atoms with Crippen LogP contribution in [-0.2, 0) is 4.74 Å². The fraction of sp³-hybridized carbons (Fsp3) is 0.682. The first-order chi connectivity index (χ1) is 12.7. The Morgan fingerprint density at radius 3 is 2.62 bits per heavy atom. The fourth-order valence-corrected chi connectivity index (χ4v) is 3.41. The summed E-state index contributed by atoms with van der Waals surface area (Å²) < 4.78 is 11.1. The molecule has 1 heterocycles. The van der Waals surface area contributed by atoms with Crippen molar-refractivity contribution in [1.29, 1.82) is 0 Å². The zero-order valence-electron chi connectivity index (χ0n) is 16.5. The van der Waals surface area contributed by atoms with E-state index < -0.39 is 0 Å². The monoisotopic (exact) mass is 361 g/mol. The first-order valence-electron chi connectivity index (χ1n) is 10.3. The van der Waals surface area contributed by atoms with Crippen molar-refractivity contribution in [3.8, 4) is 5.75 Å². The summed E-state index contributed by atoms with van der Waals surface area (Å²) in [5.41, 5.74) is 0.592. The van der Waals surface area contributed by atoms with E-state index in [1.165, 1.54) is 45.1 Å². The summed E-state index contributed by atoms with van der Waals surface area (Å²) in [6.07, 6.45) is 9.58. The van der Waals surface area contributed by atoms with Gasteiger partial charge in [-0.15, -0.1) is 0 Å². The van der Waals surface area contributed by atoms with Crippen LogP contribution in [0.5, 0.6) is 5.75 Å². The maximum absolute atomic E-state index is 12.1. The molecule has 2 rings (SSSR count). The molecule has 4 nitrogen and oxygen atoms in total. The topological polar surface area (TPSA) is 38.8 Å². The molecule has 4 heteroatoms. The van der Waals surface area contributed by atoms with Crippen molar-refractivity contribution < 1.29 is 14.3 Å². The summed E-state index contributed by atoms with van der Waals surface area (Å²) in [5.74, 6) is 0.573. The number of carbonyl (C=O) groups is 1. The van der Waals surface area contributed by atoms with Gasteiger partial charge in [-0.25, -0.2) is 4.79 Å². The van der Waals surface area contributed by atoms with E-state index in [-0.39, 0.29) is 5.97 Å². The molecule has 1 aromatic rings. The number of unbranched alkanes of at least 4 members (excludes halogenated alkanes) is 3. The van der Waals surface area contributed by atoms with Crippen LogP contribution in [-0.4, -0.2) is 43.2 Å². The maximum atomic E-state index is 12.1. The molecule has 146 valence electrons. The standard InChI is InChI=1S/C22H35NO3/c1-3-4-5-8-17-25-21-13-11-20(12-14-21)22(24)26-18-9-16-23-15-7-6-10-19(23)2/h11-14,19H,3-10,15-18H2,1-2H3. The average Bonchev–Trinajstić information content (AvgIpc) is 2.66. The number of benzene rings is 1. The van der Waals surface area contributed by atoms with Crippen LogP contribution in [0.25, 0.3) is 0 Å². The van der Waals surface area contributed by atoms with Crippen LogP contribution < -0.4 is 4.74 Å². The van der Waals surface area contributed by atoms with E-state index in [0.717, 1.165) is 31.7 Å². The molecule has 0 radical (unpaired) electrons. The lowest BCUT2D eigenvalue weighted by atomic mass is 10.0. The third-order valence-corrected chi connectivity index (χ3v) is 5.12. The summed E-state index contributed by atoms with van der Waals surface area (Å²) in [6, 6.07) is 7.94. The first-order valence-corrected chi connectivity index (χ1v) is 10.3. The smallest absolute Gasteiger partial charge is 0.338 e. The largest absolute Gasteiger partial charge is 0.494 e. The Labute approximate surface area is 158 Å². The molecule has 1 saturated heterocycles. The molecule has 1 aliphatic rings. The third kappa shape index (κ3) is 7.36. The number of carbonyl (C=O) groups excluding carboxylic acids is 1. The van der Waals surface area contributed by atoms with Crippen molar-refractivity contribution >= 4 is 5.97 Å². The molecule has 26 heavy (non-hydrogen) atoms. The van der Waals surface area contributed by atoms with Gasteiger partial charge in [0.15, 0.2) is 0 Å². The Kier molecular flexibility index (Phi) is 9.54. The summed E-state index contributed by atoms with van der Waals surface area (Å²) in [7, 11) is 0. The molecule has 1 aliphatic heterocycles. The highest BCUT2D eigenvalue weighted by molar-refractivity contribution is 5.89. The van der Waals surface area contributed by atoms with Gasteiger partial charge in [-0.2, -0.15) is 0 Å². The van der Waals surface area contributed by atoms with Gasteiger partial charge in [0, 0.05) is 12.6 Å². The van der Waals surface area contributed by atoms with E-state index in [9.17, 15) is 4.79 Å². The average molecular weight is 362 g/mol. The Balaban J connectivity index is 1.62. The molecule has 0 N–H and O–H groups in total. The highest BCUT2D eigenvalue weighted by Crippen LogP contribution is 2.17. The normalized spacial score (nSPS) is 17.8. The van der Waals surface area contributed by atoms with E-state index in [4.69, 9.17) is 9.47 Å². The van der Waals surface area contributed by atoms with Gasteiger partial charge in [0.05, 0.1) is 18.8 Å². The van der Waals surface area contributed by atoms with Crippen LogP contribution in [0.15, 0.2) is 24.3 Å². The molecular formula is C22H35NO3. The molecule has 1 unspecified atom stereocenters. The maximum Gasteiger partial charge on any atom is 0.338 e. The van der Waals surface area contributed by atoms with Gasteiger partial charge in [-0.3, -0.25) is 0 Å². The highest BCUT2D eigenvalue weighted by atomic mass is 16.5. The Hall–Kier alpha value is -1.55. The number of hydrogen-bond acceptors (Lipinski definition) is 4. The van der Waals surface area contributed by atoms with Gasteiger partial charge in [-0.1, -0.05) is 32.6 Å². The van der Waals surface area contributed by atoms with Crippen molar-refractivity contribution in [1.82, 2.24) is 4.90 Å². The van der Waals surface area contributed by atoms with E-state index in [0.29, 0.717) is 18.2 Å². The van der Waals surface area contributed by atoms with Gasteiger partial charge in [0.2, 0.25) is 0 Å². The van der Waals surface area contributed by atoms with E-state index in [2.05, 4.69) is 18.7 Å². The van der Waals surface area contributed by atoms with E-state index in [1.54, 1.807) is 12.1 Å². The van der Waals surface area contributed by atoms with Crippen LogP contribution in [0.4, 0.5) is 0 Å². The lowest BCUT2D eigenvalue weighted by Crippen LogP contribution is -2.38. The molecule has 0 aliphatic carbocycles. The van der Waals surface area contributed by atoms with Crippen LogP contribution in [0.2, 0.25) is 0 Å². The number of rotatable bonds is 11. The van der Waals surface area contributed by atoms with Gasteiger partial charge in [-0.05, 0) is 63.4 Å². The minimum atomic E-state index is -0.244. The molecule has 1 fully saturated rings. The molecule has 0 saturated carbocycles. The first kappa shape index (κ1) is 20.8. The second kappa shape index (κ2) is 11.9. The summed E-state index contributed by atoms with van der Waals surface area (Å²) in [5, 5.41) is 0. The Bertz CT molecular complexity index is 515. The van der Waals surface area contributed by atoms with Crippen molar-refractivity contribution in [2.24, 2.45) is 0 Å². The summed E-state index contributed by atoms with van der Waals surface area (Å²) in [4.78, 5) is 14.6. The SMILES string of the molecule is CCCCCCOc1ccc(C(=O)OCCCN2CCCCC2C)cc1. The van der Waals surface area contributed by atoms with Gasteiger partial charge >= 0.3 is 5.97 Å². The van der Waals surface area contributed by atoms with Crippen LogP contribution in [0.1, 0.15) is 75.6 Å². The Morgan fingerprint density at radius 1 is 1.08 bits per heavy atom. The lowest BCUT2D eigenvalue weighted by molar-refractivity contribution is 0.0475. The second-order valence-electron chi connectivity index (χ2n) is 7.30.